The van der Waals surface area contributed by atoms with Gasteiger partial charge in [0.1, 0.15) is 21.2 Å². The van der Waals surface area contributed by atoms with Gasteiger partial charge >= 0.3 is 6.03 Å². The van der Waals surface area contributed by atoms with E-state index in [1.165, 1.54) is 22.3 Å². The molecule has 2 aromatic carbocycles. The number of urea groups is 1. The molecular formula is C29H24ClN5O4S. The number of ether oxygens (including phenoxy) is 1. The van der Waals surface area contributed by atoms with Crippen LogP contribution in [0.25, 0.3) is 10.2 Å². The predicted octanol–water partition coefficient (Wildman–Crippen LogP) is 6.33. The highest BCUT2D eigenvalue weighted by Gasteiger charge is 2.34. The summed E-state index contributed by atoms with van der Waals surface area (Å²) < 4.78 is 5.88. The lowest BCUT2D eigenvalue weighted by atomic mass is 10.1. The van der Waals surface area contributed by atoms with Crippen molar-refractivity contribution in [2.24, 2.45) is 0 Å². The molecule has 1 saturated heterocycles. The van der Waals surface area contributed by atoms with E-state index in [2.05, 4.69) is 22.2 Å². The SMILES string of the molecule is C=CC(=O)N1CCCC(NC(=O)c2sc3nccc4c3c2NC(=O)N4c2ccc(Oc3ccccc3)cc2Cl)C1. The smallest absolute Gasteiger partial charge is 0.331 e. The number of carbonyl (C=O) groups excluding carboxylic acids is 3. The van der Waals surface area contributed by atoms with Gasteiger partial charge in [-0.2, -0.15) is 0 Å². The Morgan fingerprint density at radius 1 is 1.15 bits per heavy atom. The number of para-hydroxylation sites is 1. The Morgan fingerprint density at radius 2 is 1.98 bits per heavy atom. The maximum absolute atomic E-state index is 13.5. The van der Waals surface area contributed by atoms with Crippen LogP contribution < -0.4 is 20.3 Å². The number of aromatic nitrogens is 1. The predicted molar refractivity (Wildman–Crippen MR) is 156 cm³/mol. The van der Waals surface area contributed by atoms with Gasteiger partial charge in [-0.05, 0) is 49.2 Å². The minimum absolute atomic E-state index is 0.157. The Kier molecular flexibility index (Phi) is 6.87. The van der Waals surface area contributed by atoms with Gasteiger partial charge in [-0.3, -0.25) is 14.5 Å². The first-order chi connectivity index (χ1) is 19.4. The molecule has 0 radical (unpaired) electrons. The second-order valence-electron chi connectivity index (χ2n) is 9.41. The van der Waals surface area contributed by atoms with Gasteiger partial charge in [-0.15, -0.1) is 11.3 Å². The van der Waals surface area contributed by atoms with Gasteiger partial charge in [-0.25, -0.2) is 9.78 Å². The monoisotopic (exact) mass is 573 g/mol. The molecule has 4 heterocycles. The minimum Gasteiger partial charge on any atom is -0.457 e. The maximum atomic E-state index is 13.5. The van der Waals surface area contributed by atoms with Crippen molar-refractivity contribution in [3.8, 4) is 11.5 Å². The molecule has 0 aliphatic carbocycles. The van der Waals surface area contributed by atoms with Gasteiger partial charge in [0.25, 0.3) is 5.91 Å². The number of rotatable bonds is 6. The van der Waals surface area contributed by atoms with E-state index >= 15 is 0 Å². The van der Waals surface area contributed by atoms with Crippen molar-refractivity contribution in [3.63, 3.8) is 0 Å². The van der Waals surface area contributed by atoms with Crippen molar-refractivity contribution in [2.75, 3.05) is 23.3 Å². The zero-order chi connectivity index (χ0) is 27.8. The van der Waals surface area contributed by atoms with E-state index in [0.717, 1.165) is 12.8 Å². The van der Waals surface area contributed by atoms with Gasteiger partial charge in [0.15, 0.2) is 0 Å². The van der Waals surface area contributed by atoms with Crippen LogP contribution in [0.4, 0.5) is 21.9 Å². The number of benzene rings is 2. The number of thiophene rings is 1. The summed E-state index contributed by atoms with van der Waals surface area (Å²) in [5, 5.41) is 6.90. The first kappa shape index (κ1) is 25.8. The average Bonchev–Trinajstić information content (AvgIpc) is 3.33. The second kappa shape index (κ2) is 10.6. The van der Waals surface area contributed by atoms with Crippen molar-refractivity contribution >= 4 is 68.1 Å². The number of hydrogen-bond acceptors (Lipinski definition) is 6. The van der Waals surface area contributed by atoms with E-state index in [9.17, 15) is 14.4 Å². The number of hydrogen-bond donors (Lipinski definition) is 2. The fourth-order valence-corrected chi connectivity index (χ4v) is 6.29. The van der Waals surface area contributed by atoms with Gasteiger partial charge in [0, 0.05) is 31.4 Å². The largest absolute Gasteiger partial charge is 0.457 e. The van der Waals surface area contributed by atoms with Crippen LogP contribution in [0.15, 0.2) is 73.4 Å². The van der Waals surface area contributed by atoms with Crippen LogP contribution in [0.5, 0.6) is 11.5 Å². The normalized spacial score (nSPS) is 16.4. The molecule has 0 bridgehead atoms. The van der Waals surface area contributed by atoms with Crippen molar-refractivity contribution in [1.29, 1.82) is 0 Å². The van der Waals surface area contributed by atoms with Gasteiger partial charge in [-0.1, -0.05) is 36.4 Å². The summed E-state index contributed by atoms with van der Waals surface area (Å²) in [6, 6.07) is 15.5. The first-order valence-corrected chi connectivity index (χ1v) is 13.9. The highest BCUT2D eigenvalue weighted by molar-refractivity contribution is 7.21. The van der Waals surface area contributed by atoms with Crippen molar-refractivity contribution in [2.45, 2.75) is 18.9 Å². The number of pyridine rings is 1. The van der Waals surface area contributed by atoms with E-state index in [-0.39, 0.29) is 17.9 Å². The second-order valence-corrected chi connectivity index (χ2v) is 10.8. The molecule has 2 aliphatic rings. The quantitative estimate of drug-likeness (QED) is 0.262. The summed E-state index contributed by atoms with van der Waals surface area (Å²) in [5.74, 6) is 0.717. The van der Waals surface area contributed by atoms with Crippen LogP contribution in [0.1, 0.15) is 22.5 Å². The van der Waals surface area contributed by atoms with Crippen molar-refractivity contribution in [3.05, 3.63) is 83.3 Å². The molecule has 2 N–H and O–H groups in total. The molecule has 1 unspecified atom stereocenters. The number of halogens is 1. The highest BCUT2D eigenvalue weighted by atomic mass is 35.5. The van der Waals surface area contributed by atoms with Crippen LogP contribution >= 0.6 is 22.9 Å². The molecule has 6 rings (SSSR count). The highest BCUT2D eigenvalue weighted by Crippen LogP contribution is 2.47. The lowest BCUT2D eigenvalue weighted by Gasteiger charge is -2.32. The molecule has 2 aromatic heterocycles. The maximum Gasteiger partial charge on any atom is 0.331 e. The Labute approximate surface area is 239 Å². The Bertz CT molecular complexity index is 1660. The molecule has 11 heteroatoms. The molecule has 2 aliphatic heterocycles. The third-order valence-electron chi connectivity index (χ3n) is 6.83. The first-order valence-electron chi connectivity index (χ1n) is 12.7. The van der Waals surface area contributed by atoms with E-state index in [1.807, 2.05) is 30.3 Å². The van der Waals surface area contributed by atoms with Crippen LogP contribution in [0.3, 0.4) is 0 Å². The zero-order valence-electron chi connectivity index (χ0n) is 21.2. The molecule has 0 saturated carbocycles. The Morgan fingerprint density at radius 3 is 2.75 bits per heavy atom. The molecule has 4 amide bonds. The molecular weight excluding hydrogens is 550 g/mol. The lowest BCUT2D eigenvalue weighted by Crippen LogP contribution is -2.49. The van der Waals surface area contributed by atoms with E-state index in [0.29, 0.717) is 61.8 Å². The number of carbonyl (C=O) groups is 3. The van der Waals surface area contributed by atoms with Crippen molar-refractivity contribution < 1.29 is 19.1 Å². The van der Waals surface area contributed by atoms with Gasteiger partial charge in [0.2, 0.25) is 5.91 Å². The van der Waals surface area contributed by atoms with E-state index < -0.39 is 6.03 Å². The summed E-state index contributed by atoms with van der Waals surface area (Å²) in [7, 11) is 0. The number of anilines is 3. The van der Waals surface area contributed by atoms with Crippen LogP contribution in [0.2, 0.25) is 5.02 Å². The molecule has 202 valence electrons. The lowest BCUT2D eigenvalue weighted by molar-refractivity contribution is -0.127. The minimum atomic E-state index is -0.452. The number of amides is 4. The number of nitrogens with zero attached hydrogens (tertiary/aromatic N) is 3. The van der Waals surface area contributed by atoms with Crippen LogP contribution in [-0.2, 0) is 4.79 Å². The van der Waals surface area contributed by atoms with Crippen LogP contribution in [-0.4, -0.2) is 46.9 Å². The molecule has 1 fully saturated rings. The van der Waals surface area contributed by atoms with Gasteiger partial charge < -0.3 is 20.3 Å². The zero-order valence-corrected chi connectivity index (χ0v) is 22.8. The Balaban J connectivity index is 1.29. The fraction of sp³-hybridized carbons (Fsp3) is 0.172. The van der Waals surface area contributed by atoms with Crippen LogP contribution in [0, 0.1) is 0 Å². The average molecular weight is 574 g/mol. The summed E-state index contributed by atoms with van der Waals surface area (Å²) in [6.45, 7) is 4.59. The van der Waals surface area contributed by atoms with Crippen molar-refractivity contribution in [1.82, 2.24) is 15.2 Å². The summed E-state index contributed by atoms with van der Waals surface area (Å²) in [5.41, 5.74) is 1.44. The molecule has 40 heavy (non-hydrogen) atoms. The van der Waals surface area contributed by atoms with E-state index in [4.69, 9.17) is 16.3 Å². The summed E-state index contributed by atoms with van der Waals surface area (Å²) in [4.78, 5) is 47.5. The molecule has 4 aromatic rings. The molecule has 1 atom stereocenters. The third-order valence-corrected chi connectivity index (χ3v) is 8.23. The Hall–Kier alpha value is -4.41. The van der Waals surface area contributed by atoms with Gasteiger partial charge in [0.05, 0.1) is 27.5 Å². The molecule has 0 spiro atoms. The third kappa shape index (κ3) is 4.76. The summed E-state index contributed by atoms with van der Waals surface area (Å²) >= 11 is 7.86. The van der Waals surface area contributed by atoms with E-state index in [1.54, 1.807) is 35.4 Å². The summed E-state index contributed by atoms with van der Waals surface area (Å²) in [6.07, 6.45) is 4.41. The standard InChI is InChI=1S/C29H24ClN5O4S/c1-2-23(36)34-14-6-7-17(16-34)32-27(37)26-25-24-22(12-13-31-28(24)40-26)35(29(38)33-25)21-11-10-19(15-20(21)30)39-18-8-4-3-5-9-18/h2-5,8-13,15,17H,1,6-7,14,16H2,(H,32,37)(H,33,38). The number of likely N-dealkylation sites (tertiary alicyclic amines) is 1. The number of nitrogens with one attached hydrogen (secondary N) is 2. The fourth-order valence-electron chi connectivity index (χ4n) is 5.02. The topological polar surface area (TPSA) is 104 Å². The number of piperidine rings is 1. The molecule has 9 nitrogen and oxygen atoms in total.